The van der Waals surface area contributed by atoms with Crippen molar-refractivity contribution in [1.29, 1.82) is 0 Å². The number of hydrogen-bond donors (Lipinski definition) is 2. The van der Waals surface area contributed by atoms with Gasteiger partial charge in [-0.05, 0) is 31.7 Å². The van der Waals surface area contributed by atoms with Crippen LogP contribution < -0.4 is 15.4 Å². The average molecular weight is 566 g/mol. The fraction of sp³-hybridized carbons (Fsp3) is 0.577. The molecule has 14 heteroatoms. The van der Waals surface area contributed by atoms with Crippen molar-refractivity contribution in [3.63, 3.8) is 0 Å². The van der Waals surface area contributed by atoms with Gasteiger partial charge in [0, 0.05) is 50.4 Å². The second-order valence-electron chi connectivity index (χ2n) is 10.5. The summed E-state index contributed by atoms with van der Waals surface area (Å²) in [5.74, 6) is -7.69. The van der Waals surface area contributed by atoms with Crippen molar-refractivity contribution in [2.75, 3.05) is 13.7 Å². The molecule has 3 aromatic rings. The van der Waals surface area contributed by atoms with E-state index in [-0.39, 0.29) is 43.8 Å². The zero-order valence-electron chi connectivity index (χ0n) is 22.2. The second-order valence-corrected chi connectivity index (χ2v) is 10.5. The Morgan fingerprint density at radius 3 is 2.70 bits per heavy atom. The molecule has 2 atom stereocenters. The summed E-state index contributed by atoms with van der Waals surface area (Å²) in [7, 11) is 1.40. The normalized spacial score (nSPS) is 21.6. The third kappa shape index (κ3) is 5.75. The Morgan fingerprint density at radius 1 is 1.25 bits per heavy atom. The van der Waals surface area contributed by atoms with Crippen LogP contribution in [0.25, 0.3) is 5.65 Å². The molecule has 216 valence electrons. The number of alkyl halides is 4. The quantitative estimate of drug-likeness (QED) is 0.404. The van der Waals surface area contributed by atoms with E-state index >= 15 is 0 Å². The molecule has 1 aliphatic heterocycles. The molecule has 0 bridgehead atoms. The minimum Gasteiger partial charge on any atom is -0.495 e. The van der Waals surface area contributed by atoms with Gasteiger partial charge in [-0.25, -0.2) is 27.1 Å². The van der Waals surface area contributed by atoms with Crippen molar-refractivity contribution in [3.05, 3.63) is 41.6 Å². The molecule has 2 aliphatic rings. The zero-order valence-corrected chi connectivity index (χ0v) is 22.2. The smallest absolute Gasteiger partial charge is 0.270 e. The van der Waals surface area contributed by atoms with Gasteiger partial charge in [-0.15, -0.1) is 0 Å². The number of nitrogens with zero attached hydrogens (tertiary/aromatic N) is 5. The number of aryl methyl sites for hydroxylation is 1. The summed E-state index contributed by atoms with van der Waals surface area (Å²) in [5, 5.41) is 13.9. The van der Waals surface area contributed by atoms with Crippen molar-refractivity contribution in [1.82, 2.24) is 35.0 Å². The van der Waals surface area contributed by atoms with Crippen molar-refractivity contribution in [3.8, 4) is 5.75 Å². The van der Waals surface area contributed by atoms with Crippen LogP contribution in [-0.2, 0) is 17.8 Å². The number of amides is 2. The minimum atomic E-state index is -3.02. The molecule has 5 rings (SSSR count). The van der Waals surface area contributed by atoms with Gasteiger partial charge in [-0.2, -0.15) is 10.2 Å². The van der Waals surface area contributed by atoms with Crippen LogP contribution in [-0.4, -0.2) is 61.7 Å². The van der Waals surface area contributed by atoms with Crippen LogP contribution >= 0.6 is 0 Å². The van der Waals surface area contributed by atoms with Crippen LogP contribution in [0.2, 0.25) is 0 Å². The minimum absolute atomic E-state index is 0.0765. The molecular formula is C26H31F4N7O3. The number of rotatable bonds is 8. The van der Waals surface area contributed by atoms with Crippen molar-refractivity contribution < 1.29 is 31.9 Å². The number of imidazole rings is 1. The van der Waals surface area contributed by atoms with Gasteiger partial charge >= 0.3 is 0 Å². The van der Waals surface area contributed by atoms with E-state index < -0.39 is 48.6 Å². The van der Waals surface area contributed by atoms with Crippen LogP contribution in [0.15, 0.2) is 24.5 Å². The molecule has 2 fully saturated rings. The number of aromatic nitrogens is 5. The van der Waals surface area contributed by atoms with Crippen molar-refractivity contribution in [2.24, 2.45) is 11.8 Å². The maximum atomic E-state index is 14.0. The molecule has 2 N–H and O–H groups in total. The lowest BCUT2D eigenvalue weighted by atomic mass is 9.81. The van der Waals surface area contributed by atoms with E-state index in [1.165, 1.54) is 22.5 Å². The molecule has 0 spiro atoms. The molecule has 2 amide bonds. The first-order valence-electron chi connectivity index (χ1n) is 13.3. The number of piperidine rings is 1. The Balaban J connectivity index is 1.47. The van der Waals surface area contributed by atoms with Crippen molar-refractivity contribution in [2.45, 2.75) is 69.9 Å². The fourth-order valence-corrected chi connectivity index (χ4v) is 5.54. The van der Waals surface area contributed by atoms with Gasteiger partial charge in [0.15, 0.2) is 5.65 Å². The summed E-state index contributed by atoms with van der Waals surface area (Å²) in [6, 6.07) is 2.46. The van der Waals surface area contributed by atoms with Gasteiger partial charge < -0.3 is 15.4 Å². The van der Waals surface area contributed by atoms with Crippen LogP contribution in [0, 0.1) is 11.8 Å². The van der Waals surface area contributed by atoms with Crippen LogP contribution in [0.4, 0.5) is 17.6 Å². The first kappa shape index (κ1) is 27.8. The lowest BCUT2D eigenvalue weighted by Gasteiger charge is -2.33. The number of carbonyl (C=O) groups excluding carboxylic acids is 2. The summed E-state index contributed by atoms with van der Waals surface area (Å²) >= 11 is 0. The van der Waals surface area contributed by atoms with E-state index in [9.17, 15) is 27.2 Å². The summed E-state index contributed by atoms with van der Waals surface area (Å²) in [5.41, 5.74) is 1.40. The first-order chi connectivity index (χ1) is 19.0. The van der Waals surface area contributed by atoms with Gasteiger partial charge in [-0.3, -0.25) is 14.3 Å². The van der Waals surface area contributed by atoms with E-state index in [0.29, 0.717) is 29.3 Å². The van der Waals surface area contributed by atoms with E-state index in [2.05, 4.69) is 25.8 Å². The Kier molecular flexibility index (Phi) is 7.44. The lowest BCUT2D eigenvalue weighted by Crippen LogP contribution is -2.48. The van der Waals surface area contributed by atoms with E-state index in [0.717, 1.165) is 0 Å². The topological polar surface area (TPSA) is 115 Å². The standard InChI is InChI=1S/C26H31F4N7O3/c1-3-36-19(6-9-32-36)24(39)34-22(15-4-7-25(27,28)8-5-15)18-13-37-21(33-18)11-20(40-2)17(35-37)10-16-12-26(29,30)14-31-23(16)38/h6,9,11,13,15-16,22H,3-5,7-8,10,12,14H2,1-2H3,(H,31,38)(H,34,39)/t16?,22-/m0/s1. The highest BCUT2D eigenvalue weighted by Crippen LogP contribution is 2.41. The molecule has 40 heavy (non-hydrogen) atoms. The molecule has 4 heterocycles. The maximum Gasteiger partial charge on any atom is 0.270 e. The Morgan fingerprint density at radius 2 is 2.00 bits per heavy atom. The van der Waals surface area contributed by atoms with Gasteiger partial charge in [0.2, 0.25) is 11.8 Å². The van der Waals surface area contributed by atoms with Crippen molar-refractivity contribution >= 4 is 17.5 Å². The lowest BCUT2D eigenvalue weighted by molar-refractivity contribution is -0.136. The van der Waals surface area contributed by atoms with Gasteiger partial charge in [0.05, 0.1) is 31.6 Å². The van der Waals surface area contributed by atoms with Crippen LogP contribution in [0.5, 0.6) is 5.75 Å². The SMILES string of the molecule is CCn1nccc1C(=O)N[C@H](c1cn2nc(CC3CC(F)(F)CNC3=O)c(OC)cc2n1)C1CCC(F)(F)CC1. The number of halogens is 4. The molecule has 0 radical (unpaired) electrons. The maximum absolute atomic E-state index is 14.0. The number of carbonyl (C=O) groups is 2. The molecule has 3 aromatic heterocycles. The van der Waals surface area contributed by atoms with Crippen LogP contribution in [0.1, 0.15) is 66.9 Å². The number of methoxy groups -OCH3 is 1. The number of nitrogens with one attached hydrogen (secondary N) is 2. The Hall–Kier alpha value is -3.71. The highest BCUT2D eigenvalue weighted by molar-refractivity contribution is 5.92. The van der Waals surface area contributed by atoms with Gasteiger partial charge in [0.25, 0.3) is 11.8 Å². The highest BCUT2D eigenvalue weighted by Gasteiger charge is 2.42. The molecule has 10 nitrogen and oxygen atoms in total. The van der Waals surface area contributed by atoms with E-state index in [4.69, 9.17) is 4.74 Å². The molecule has 0 aromatic carbocycles. The van der Waals surface area contributed by atoms with Gasteiger partial charge in [0.1, 0.15) is 17.1 Å². The van der Waals surface area contributed by atoms with E-state index in [1.807, 2.05) is 6.92 Å². The third-order valence-electron chi connectivity index (χ3n) is 7.69. The molecule has 1 unspecified atom stereocenters. The summed E-state index contributed by atoms with van der Waals surface area (Å²) in [6.45, 7) is 1.62. The first-order valence-corrected chi connectivity index (χ1v) is 13.3. The summed E-state index contributed by atoms with van der Waals surface area (Å²) in [4.78, 5) is 30.1. The number of ether oxygens (including phenoxy) is 1. The van der Waals surface area contributed by atoms with Crippen LogP contribution in [0.3, 0.4) is 0 Å². The Labute approximate surface area is 227 Å². The monoisotopic (exact) mass is 565 g/mol. The second kappa shape index (κ2) is 10.7. The number of fused-ring (bicyclic) bond motifs is 1. The average Bonchev–Trinajstić information content (AvgIpc) is 3.55. The summed E-state index contributed by atoms with van der Waals surface area (Å²) < 4.78 is 64.3. The predicted molar refractivity (Wildman–Crippen MR) is 134 cm³/mol. The third-order valence-corrected chi connectivity index (χ3v) is 7.69. The zero-order chi connectivity index (χ0) is 28.7. The molecule has 1 aliphatic carbocycles. The largest absolute Gasteiger partial charge is 0.495 e. The fourth-order valence-electron chi connectivity index (χ4n) is 5.54. The van der Waals surface area contributed by atoms with E-state index in [1.54, 1.807) is 18.3 Å². The molecule has 1 saturated carbocycles. The molecular weight excluding hydrogens is 534 g/mol. The predicted octanol–water partition coefficient (Wildman–Crippen LogP) is 3.56. The summed E-state index contributed by atoms with van der Waals surface area (Å²) in [6.07, 6.45) is 2.20. The Bertz CT molecular complexity index is 1400. The highest BCUT2D eigenvalue weighted by atomic mass is 19.3. The number of hydrogen-bond acceptors (Lipinski definition) is 6. The van der Waals surface area contributed by atoms with Gasteiger partial charge in [-0.1, -0.05) is 0 Å². The molecule has 1 saturated heterocycles.